The molecule has 0 bridgehead atoms. The summed E-state index contributed by atoms with van der Waals surface area (Å²) in [7, 11) is -4.23. The first-order valence-electron chi connectivity index (χ1n) is 10.2. The van der Waals surface area contributed by atoms with Gasteiger partial charge in [-0.15, -0.1) is 0 Å². The highest BCUT2D eigenvalue weighted by molar-refractivity contribution is 7.89. The largest absolute Gasteiger partial charge is 0.462 e. The number of ether oxygens (including phenoxy) is 1. The van der Waals surface area contributed by atoms with Crippen molar-refractivity contribution in [3.8, 4) is 6.07 Å². The fourth-order valence-electron chi connectivity index (χ4n) is 3.34. The van der Waals surface area contributed by atoms with Crippen LogP contribution in [0.2, 0.25) is 5.02 Å². The van der Waals surface area contributed by atoms with E-state index < -0.39 is 62.6 Å². The molecule has 192 valence electrons. The van der Waals surface area contributed by atoms with Gasteiger partial charge in [0.2, 0.25) is 15.9 Å². The Morgan fingerprint density at radius 3 is 2.53 bits per heavy atom. The van der Waals surface area contributed by atoms with Gasteiger partial charge >= 0.3 is 12.1 Å². The molecule has 0 saturated carbocycles. The smallest absolute Gasteiger partial charge is 0.434 e. The van der Waals surface area contributed by atoms with Crippen LogP contribution in [0, 0.1) is 23.1 Å². The van der Waals surface area contributed by atoms with Gasteiger partial charge in [0, 0.05) is 18.1 Å². The highest BCUT2D eigenvalue weighted by Gasteiger charge is 2.42. The molecule has 1 saturated heterocycles. The zero-order chi connectivity index (χ0) is 26.8. The monoisotopic (exact) mass is 548 g/mol. The fourth-order valence-corrected chi connectivity index (χ4v) is 4.86. The normalized spacial score (nSPS) is 14.1. The topological polar surface area (TPSA) is 129 Å². The number of nitrogens with zero attached hydrogens (tertiary/aromatic N) is 3. The number of nitrogens with one attached hydrogen (secondary N) is 1. The summed E-state index contributed by atoms with van der Waals surface area (Å²) < 4.78 is 84.9. The number of sulfonamides is 1. The third-order valence-electron chi connectivity index (χ3n) is 5.06. The molecule has 36 heavy (non-hydrogen) atoms. The Bertz CT molecular complexity index is 1360. The van der Waals surface area contributed by atoms with E-state index in [1.807, 2.05) is 4.72 Å². The van der Waals surface area contributed by atoms with Crippen LogP contribution in [0.15, 0.2) is 24.3 Å². The molecule has 1 fully saturated rings. The summed E-state index contributed by atoms with van der Waals surface area (Å²) in [5.74, 6) is -4.97. The van der Waals surface area contributed by atoms with Crippen molar-refractivity contribution in [3.63, 3.8) is 0 Å². The maximum Gasteiger partial charge on any atom is 0.434 e. The van der Waals surface area contributed by atoms with Crippen molar-refractivity contribution in [1.82, 2.24) is 9.71 Å². The molecule has 1 N–H and O–H groups in total. The summed E-state index contributed by atoms with van der Waals surface area (Å²) in [6.45, 7) is 0.726. The van der Waals surface area contributed by atoms with E-state index in [-0.39, 0.29) is 35.8 Å². The highest BCUT2D eigenvalue weighted by atomic mass is 35.5. The highest BCUT2D eigenvalue weighted by Crippen LogP contribution is 2.36. The number of amides is 1. The van der Waals surface area contributed by atoms with Gasteiger partial charge in [0.1, 0.15) is 17.7 Å². The summed E-state index contributed by atoms with van der Waals surface area (Å²) in [5, 5.41) is 9.23. The average molecular weight is 549 g/mol. The molecular weight excluding hydrogens is 532 g/mol. The van der Waals surface area contributed by atoms with E-state index in [0.717, 1.165) is 18.2 Å². The number of anilines is 1. The van der Waals surface area contributed by atoms with E-state index in [1.54, 1.807) is 6.07 Å². The summed E-state index contributed by atoms with van der Waals surface area (Å²) in [6, 6.07) is 5.45. The van der Waals surface area contributed by atoms with Crippen LogP contribution in [0.3, 0.4) is 0 Å². The van der Waals surface area contributed by atoms with Crippen LogP contribution < -0.4 is 9.62 Å². The second-order valence-electron chi connectivity index (χ2n) is 7.65. The van der Waals surface area contributed by atoms with Gasteiger partial charge in [-0.1, -0.05) is 17.7 Å². The molecule has 0 radical (unpaired) electrons. The minimum atomic E-state index is -5.04. The molecule has 1 aliphatic rings. The zero-order valence-electron chi connectivity index (χ0n) is 18.4. The molecular formula is C21H17ClF4N4O5S. The fraction of sp³-hybridized carbons (Fsp3) is 0.333. The number of benzene rings is 1. The zero-order valence-corrected chi connectivity index (χ0v) is 20.0. The van der Waals surface area contributed by atoms with Gasteiger partial charge < -0.3 is 9.64 Å². The molecule has 15 heteroatoms. The molecule has 0 atom stereocenters. The van der Waals surface area contributed by atoms with E-state index in [1.165, 1.54) is 11.8 Å². The quantitative estimate of drug-likeness (QED) is 0.413. The van der Waals surface area contributed by atoms with Crippen molar-refractivity contribution in [2.45, 2.75) is 18.9 Å². The number of hydrogen-bond acceptors (Lipinski definition) is 8. The van der Waals surface area contributed by atoms with Crippen LogP contribution in [0.4, 0.5) is 23.4 Å². The predicted molar refractivity (Wildman–Crippen MR) is 118 cm³/mol. The lowest BCUT2D eigenvalue weighted by Crippen LogP contribution is -2.55. The number of alkyl halides is 3. The van der Waals surface area contributed by atoms with Gasteiger partial charge in [-0.2, -0.15) is 18.4 Å². The van der Waals surface area contributed by atoms with Gasteiger partial charge in [-0.05, 0) is 30.7 Å². The van der Waals surface area contributed by atoms with Crippen LogP contribution in [0.5, 0.6) is 0 Å². The molecule has 0 aliphatic carbocycles. The number of hydrogen-bond donors (Lipinski definition) is 1. The summed E-state index contributed by atoms with van der Waals surface area (Å²) in [5.41, 5.74) is -2.78. The number of halogens is 5. The average Bonchev–Trinajstić information content (AvgIpc) is 2.73. The lowest BCUT2D eigenvalue weighted by molar-refractivity contribution is -0.141. The maximum atomic E-state index is 13.5. The van der Waals surface area contributed by atoms with Crippen molar-refractivity contribution >= 4 is 39.3 Å². The Balaban J connectivity index is 1.75. The molecule has 9 nitrogen and oxygen atoms in total. The standard InChI is InChI=1S/C21H17ClF4N4O5S/c1-2-35-20(32)15-5-12(7-27)18(28-17(15)21(24,25)26)30-8-13(9-30)19(31)29-36(33,34)10-11-3-4-14(23)6-16(11)22/h3-6,13H,2,8-10H2,1H3,(H,29,31). The molecule has 3 rings (SSSR count). The first-order chi connectivity index (χ1) is 16.8. The molecule has 2 aromatic rings. The summed E-state index contributed by atoms with van der Waals surface area (Å²) >= 11 is 5.82. The number of carbonyl (C=O) groups is 2. The lowest BCUT2D eigenvalue weighted by Gasteiger charge is -2.39. The third kappa shape index (κ3) is 6.03. The van der Waals surface area contributed by atoms with Crippen molar-refractivity contribution in [3.05, 3.63) is 57.5 Å². The van der Waals surface area contributed by atoms with Crippen LogP contribution in [0.1, 0.15) is 34.1 Å². The van der Waals surface area contributed by atoms with Crippen LogP contribution in [0.25, 0.3) is 0 Å². The third-order valence-corrected chi connectivity index (χ3v) is 6.61. The van der Waals surface area contributed by atoms with Crippen molar-refractivity contribution in [1.29, 1.82) is 5.26 Å². The Hall–Kier alpha value is -3.44. The molecule has 1 aromatic heterocycles. The molecule has 0 spiro atoms. The van der Waals surface area contributed by atoms with Gasteiger partial charge in [0.25, 0.3) is 0 Å². The summed E-state index contributed by atoms with van der Waals surface area (Å²) in [4.78, 5) is 29.0. The number of rotatable bonds is 7. The summed E-state index contributed by atoms with van der Waals surface area (Å²) in [6.07, 6.45) is -5.04. The minimum absolute atomic E-state index is 0.0536. The first kappa shape index (κ1) is 27.2. The lowest BCUT2D eigenvalue weighted by atomic mass is 9.98. The number of esters is 1. The van der Waals surface area contributed by atoms with E-state index >= 15 is 0 Å². The van der Waals surface area contributed by atoms with Crippen molar-refractivity contribution in [2.24, 2.45) is 5.92 Å². The van der Waals surface area contributed by atoms with Gasteiger partial charge in [0.05, 0.1) is 29.4 Å². The number of aromatic nitrogens is 1. The van der Waals surface area contributed by atoms with Crippen molar-refractivity contribution < 1.29 is 40.3 Å². The molecule has 1 aliphatic heterocycles. The van der Waals surface area contributed by atoms with Crippen LogP contribution in [-0.2, 0) is 31.5 Å². The van der Waals surface area contributed by atoms with E-state index in [4.69, 9.17) is 11.6 Å². The predicted octanol–water partition coefficient (Wildman–Crippen LogP) is 3.02. The van der Waals surface area contributed by atoms with E-state index in [2.05, 4.69) is 9.72 Å². The maximum absolute atomic E-state index is 13.5. The SMILES string of the molecule is CCOC(=O)c1cc(C#N)c(N2CC(C(=O)NS(=O)(=O)Cc3ccc(F)cc3Cl)C2)nc1C(F)(F)F. The Labute approximate surface area is 207 Å². The van der Waals surface area contributed by atoms with E-state index in [0.29, 0.717) is 6.07 Å². The molecule has 2 heterocycles. The molecule has 0 unspecified atom stereocenters. The Morgan fingerprint density at radius 1 is 1.31 bits per heavy atom. The molecule has 1 amide bonds. The minimum Gasteiger partial charge on any atom is -0.462 e. The van der Waals surface area contributed by atoms with Crippen LogP contribution >= 0.6 is 11.6 Å². The van der Waals surface area contributed by atoms with Crippen molar-refractivity contribution in [2.75, 3.05) is 24.6 Å². The number of carbonyl (C=O) groups excluding carboxylic acids is 2. The van der Waals surface area contributed by atoms with Gasteiger partial charge in [-0.25, -0.2) is 22.6 Å². The van der Waals surface area contributed by atoms with Crippen LogP contribution in [-0.4, -0.2) is 45.0 Å². The second kappa shape index (κ2) is 10.3. The Morgan fingerprint density at radius 2 is 1.97 bits per heavy atom. The molecule has 1 aromatic carbocycles. The Kier molecular flexibility index (Phi) is 7.75. The van der Waals surface area contributed by atoms with Gasteiger partial charge in [0.15, 0.2) is 5.69 Å². The number of pyridine rings is 1. The number of nitriles is 1. The first-order valence-corrected chi connectivity index (χ1v) is 12.2. The van der Waals surface area contributed by atoms with E-state index in [9.17, 15) is 40.8 Å². The second-order valence-corrected chi connectivity index (χ2v) is 9.78. The van der Waals surface area contributed by atoms with Gasteiger partial charge in [-0.3, -0.25) is 9.52 Å².